The summed E-state index contributed by atoms with van der Waals surface area (Å²) in [4.78, 5) is 0. The highest BCUT2D eigenvalue weighted by Gasteiger charge is 2.09. The third kappa shape index (κ3) is 3.48. The van der Waals surface area contributed by atoms with Crippen molar-refractivity contribution in [3.8, 4) is 0 Å². The standard InChI is InChI=1S/C14H12F3NO/c15-10-3-1-9(2-4-10)14(19)8-18-13-7-11(16)5-6-12(13)17/h1-7,14,18-19H,8H2. The van der Waals surface area contributed by atoms with Gasteiger partial charge in [0.25, 0.3) is 0 Å². The summed E-state index contributed by atoms with van der Waals surface area (Å²) in [6.07, 6.45) is -0.941. The lowest BCUT2D eigenvalue weighted by Gasteiger charge is -2.13. The average molecular weight is 267 g/mol. The molecule has 19 heavy (non-hydrogen) atoms. The van der Waals surface area contributed by atoms with E-state index in [9.17, 15) is 18.3 Å². The number of hydrogen-bond acceptors (Lipinski definition) is 2. The van der Waals surface area contributed by atoms with Crippen molar-refractivity contribution in [3.63, 3.8) is 0 Å². The van der Waals surface area contributed by atoms with Gasteiger partial charge in [-0.15, -0.1) is 0 Å². The highest BCUT2D eigenvalue weighted by molar-refractivity contribution is 5.45. The zero-order valence-corrected chi connectivity index (χ0v) is 9.91. The van der Waals surface area contributed by atoms with E-state index >= 15 is 0 Å². The lowest BCUT2D eigenvalue weighted by Crippen LogP contribution is -2.13. The second-order valence-electron chi connectivity index (χ2n) is 4.07. The van der Waals surface area contributed by atoms with Gasteiger partial charge >= 0.3 is 0 Å². The van der Waals surface area contributed by atoms with E-state index < -0.39 is 23.6 Å². The monoisotopic (exact) mass is 267 g/mol. The van der Waals surface area contributed by atoms with Gasteiger partial charge in [0.05, 0.1) is 11.8 Å². The Morgan fingerprint density at radius 3 is 2.26 bits per heavy atom. The van der Waals surface area contributed by atoms with Gasteiger partial charge in [-0.25, -0.2) is 13.2 Å². The first-order valence-corrected chi connectivity index (χ1v) is 5.69. The highest BCUT2D eigenvalue weighted by atomic mass is 19.1. The summed E-state index contributed by atoms with van der Waals surface area (Å²) in [6, 6.07) is 8.33. The number of halogens is 3. The number of benzene rings is 2. The van der Waals surface area contributed by atoms with Crippen LogP contribution in [-0.4, -0.2) is 11.7 Å². The molecule has 1 unspecified atom stereocenters. The van der Waals surface area contributed by atoms with Gasteiger partial charge in [0.15, 0.2) is 0 Å². The lowest BCUT2D eigenvalue weighted by atomic mass is 10.1. The maximum absolute atomic E-state index is 13.3. The molecule has 0 saturated carbocycles. The Kier molecular flexibility index (Phi) is 4.06. The normalized spacial score (nSPS) is 12.2. The predicted octanol–water partition coefficient (Wildman–Crippen LogP) is 3.25. The van der Waals surface area contributed by atoms with Crippen molar-refractivity contribution in [1.82, 2.24) is 0 Å². The summed E-state index contributed by atoms with van der Waals surface area (Å²) in [5.41, 5.74) is 0.465. The molecule has 0 heterocycles. The Morgan fingerprint density at radius 2 is 1.58 bits per heavy atom. The van der Waals surface area contributed by atoms with Crippen LogP contribution in [0.15, 0.2) is 42.5 Å². The molecule has 2 aromatic carbocycles. The molecule has 2 rings (SSSR count). The second-order valence-corrected chi connectivity index (χ2v) is 4.07. The largest absolute Gasteiger partial charge is 0.387 e. The van der Waals surface area contributed by atoms with Crippen LogP contribution in [0.2, 0.25) is 0 Å². The Balaban J connectivity index is 2.02. The molecule has 0 aliphatic carbocycles. The molecule has 0 spiro atoms. The van der Waals surface area contributed by atoms with Gasteiger partial charge in [0.1, 0.15) is 17.5 Å². The Hall–Kier alpha value is -2.01. The average Bonchev–Trinajstić information content (AvgIpc) is 2.40. The molecule has 1 atom stereocenters. The van der Waals surface area contributed by atoms with Crippen molar-refractivity contribution in [2.75, 3.05) is 11.9 Å². The van der Waals surface area contributed by atoms with Crippen LogP contribution < -0.4 is 5.32 Å². The Morgan fingerprint density at radius 1 is 0.947 bits per heavy atom. The fraction of sp³-hybridized carbons (Fsp3) is 0.143. The van der Waals surface area contributed by atoms with Crippen LogP contribution in [0.1, 0.15) is 11.7 Å². The van der Waals surface area contributed by atoms with Gasteiger partial charge < -0.3 is 10.4 Å². The third-order valence-electron chi connectivity index (χ3n) is 2.67. The van der Waals surface area contributed by atoms with Gasteiger partial charge in [-0.05, 0) is 35.9 Å². The summed E-state index contributed by atoms with van der Waals surface area (Å²) in [7, 11) is 0. The minimum Gasteiger partial charge on any atom is -0.387 e. The van der Waals surface area contributed by atoms with Crippen LogP contribution in [0.5, 0.6) is 0 Å². The molecule has 0 amide bonds. The molecule has 0 aromatic heterocycles. The SMILES string of the molecule is OC(CNc1cc(F)ccc1F)c1ccc(F)cc1. The second kappa shape index (κ2) is 5.75. The molecule has 0 bridgehead atoms. The fourth-order valence-corrected chi connectivity index (χ4v) is 1.64. The van der Waals surface area contributed by atoms with E-state index in [1.165, 1.54) is 24.3 Å². The Labute approximate surface area is 108 Å². The predicted molar refractivity (Wildman–Crippen MR) is 66.2 cm³/mol. The van der Waals surface area contributed by atoms with Crippen molar-refractivity contribution in [2.24, 2.45) is 0 Å². The summed E-state index contributed by atoms with van der Waals surface area (Å²) in [5, 5.41) is 12.4. The first-order chi connectivity index (χ1) is 9.06. The number of aliphatic hydroxyl groups excluding tert-OH is 1. The zero-order chi connectivity index (χ0) is 13.8. The number of anilines is 1. The van der Waals surface area contributed by atoms with Crippen LogP contribution in [0.3, 0.4) is 0 Å². The molecule has 0 aliphatic rings. The summed E-state index contributed by atoms with van der Waals surface area (Å²) >= 11 is 0. The highest BCUT2D eigenvalue weighted by Crippen LogP contribution is 2.18. The van der Waals surface area contributed by atoms with E-state index in [4.69, 9.17) is 0 Å². The quantitative estimate of drug-likeness (QED) is 0.891. The van der Waals surface area contributed by atoms with Crippen LogP contribution in [-0.2, 0) is 0 Å². The van der Waals surface area contributed by atoms with Crippen molar-refractivity contribution < 1.29 is 18.3 Å². The smallest absolute Gasteiger partial charge is 0.146 e. The molecule has 0 saturated heterocycles. The van der Waals surface area contributed by atoms with Crippen molar-refractivity contribution >= 4 is 5.69 Å². The van der Waals surface area contributed by atoms with Gasteiger partial charge in [-0.2, -0.15) is 0 Å². The topological polar surface area (TPSA) is 32.3 Å². The minimum atomic E-state index is -0.941. The lowest BCUT2D eigenvalue weighted by molar-refractivity contribution is 0.191. The van der Waals surface area contributed by atoms with Gasteiger partial charge in [0.2, 0.25) is 0 Å². The molecule has 2 nitrogen and oxygen atoms in total. The summed E-state index contributed by atoms with van der Waals surface area (Å²) < 4.78 is 39.0. The van der Waals surface area contributed by atoms with Crippen LogP contribution in [0.25, 0.3) is 0 Å². The van der Waals surface area contributed by atoms with E-state index in [1.54, 1.807) is 0 Å². The maximum Gasteiger partial charge on any atom is 0.146 e. The number of nitrogens with one attached hydrogen (secondary N) is 1. The van der Waals surface area contributed by atoms with Crippen LogP contribution >= 0.6 is 0 Å². The van der Waals surface area contributed by atoms with Gasteiger partial charge in [-0.3, -0.25) is 0 Å². The van der Waals surface area contributed by atoms with E-state index in [2.05, 4.69) is 5.32 Å². The Bertz CT molecular complexity index is 557. The van der Waals surface area contributed by atoms with Crippen LogP contribution in [0, 0.1) is 17.5 Å². The minimum absolute atomic E-state index is 0.00793. The first kappa shape index (κ1) is 13.4. The van der Waals surface area contributed by atoms with Crippen molar-refractivity contribution in [2.45, 2.75) is 6.10 Å². The molecule has 0 aliphatic heterocycles. The van der Waals surface area contributed by atoms with E-state index in [0.717, 1.165) is 18.2 Å². The molecule has 100 valence electrons. The molecule has 2 N–H and O–H groups in total. The molecular formula is C14H12F3NO. The molecular weight excluding hydrogens is 255 g/mol. The third-order valence-corrected chi connectivity index (χ3v) is 2.67. The van der Waals surface area contributed by atoms with Crippen LogP contribution in [0.4, 0.5) is 18.9 Å². The number of rotatable bonds is 4. The van der Waals surface area contributed by atoms with E-state index in [0.29, 0.717) is 5.56 Å². The van der Waals surface area contributed by atoms with Crippen molar-refractivity contribution in [1.29, 1.82) is 0 Å². The number of aliphatic hydroxyl groups is 1. The van der Waals surface area contributed by atoms with Gasteiger partial charge in [0, 0.05) is 6.54 Å². The molecule has 2 aromatic rings. The summed E-state index contributed by atoms with van der Waals surface area (Å²) in [5.74, 6) is -1.58. The zero-order valence-electron chi connectivity index (χ0n) is 9.91. The number of hydrogen-bond donors (Lipinski definition) is 2. The molecule has 5 heteroatoms. The molecule has 0 fully saturated rings. The van der Waals surface area contributed by atoms with Crippen molar-refractivity contribution in [3.05, 3.63) is 65.5 Å². The first-order valence-electron chi connectivity index (χ1n) is 5.69. The van der Waals surface area contributed by atoms with E-state index in [1.807, 2.05) is 0 Å². The summed E-state index contributed by atoms with van der Waals surface area (Å²) in [6.45, 7) is -0.00793. The van der Waals surface area contributed by atoms with E-state index in [-0.39, 0.29) is 12.2 Å². The van der Waals surface area contributed by atoms with Gasteiger partial charge in [-0.1, -0.05) is 12.1 Å². The molecule has 0 radical (unpaired) electrons. The maximum atomic E-state index is 13.3. The fourth-order valence-electron chi connectivity index (χ4n) is 1.64.